The number of nitrogens with one attached hydrogen (secondary N) is 3. The van der Waals surface area contributed by atoms with Crippen LogP contribution in [0.25, 0.3) is 0 Å². The summed E-state index contributed by atoms with van der Waals surface area (Å²) in [5, 5.41) is 9.60. The molecule has 0 radical (unpaired) electrons. The quantitative estimate of drug-likeness (QED) is 0.499. The second-order valence-corrected chi connectivity index (χ2v) is 8.90. The van der Waals surface area contributed by atoms with Gasteiger partial charge in [0, 0.05) is 22.7 Å². The number of nitrogens with zero attached hydrogens (tertiary/aromatic N) is 1. The van der Waals surface area contributed by atoms with Gasteiger partial charge >= 0.3 is 0 Å². The summed E-state index contributed by atoms with van der Waals surface area (Å²) in [4.78, 5) is 12.2. The number of aromatic nitrogens is 2. The summed E-state index contributed by atoms with van der Waals surface area (Å²) >= 11 is 7.39. The van der Waals surface area contributed by atoms with Gasteiger partial charge in [0.05, 0.1) is 22.5 Å². The first-order chi connectivity index (χ1) is 13.4. The molecular weight excluding hydrogens is 420 g/mol. The van der Waals surface area contributed by atoms with Crippen LogP contribution in [0.4, 0.5) is 11.4 Å². The van der Waals surface area contributed by atoms with Gasteiger partial charge in [0.25, 0.3) is 10.0 Å². The largest absolute Gasteiger partial charge is 0.325 e. The van der Waals surface area contributed by atoms with E-state index >= 15 is 0 Å². The van der Waals surface area contributed by atoms with Gasteiger partial charge in [0.1, 0.15) is 0 Å². The third kappa shape index (κ3) is 5.75. The Morgan fingerprint density at radius 2 is 1.96 bits per heavy atom. The van der Waals surface area contributed by atoms with Crippen LogP contribution in [0, 0.1) is 0 Å². The van der Waals surface area contributed by atoms with E-state index in [0.717, 1.165) is 5.56 Å². The van der Waals surface area contributed by atoms with E-state index in [1.54, 1.807) is 18.2 Å². The van der Waals surface area contributed by atoms with Crippen LogP contribution >= 0.6 is 23.4 Å². The fourth-order valence-corrected chi connectivity index (χ4v) is 4.41. The number of sulfonamides is 1. The summed E-state index contributed by atoms with van der Waals surface area (Å²) in [6, 6.07) is 13.5. The topological polar surface area (TPSA) is 104 Å². The van der Waals surface area contributed by atoms with Crippen molar-refractivity contribution in [2.24, 2.45) is 0 Å². The Balaban J connectivity index is 1.57. The number of halogens is 1. The molecule has 3 aromatic rings. The molecule has 0 spiro atoms. The molecule has 1 aromatic heterocycles. The molecule has 0 aliphatic rings. The predicted molar refractivity (Wildman–Crippen MR) is 112 cm³/mol. The molecule has 2 aromatic carbocycles. The maximum atomic E-state index is 12.4. The number of anilines is 2. The van der Waals surface area contributed by atoms with Crippen LogP contribution in [-0.4, -0.2) is 30.3 Å². The number of hydrogen-bond donors (Lipinski definition) is 3. The molecule has 0 saturated heterocycles. The fourth-order valence-electron chi connectivity index (χ4n) is 2.35. The Labute approximate surface area is 171 Å². The van der Waals surface area contributed by atoms with Crippen LogP contribution in [0.15, 0.2) is 65.8 Å². The van der Waals surface area contributed by atoms with Crippen molar-refractivity contribution >= 4 is 50.7 Å². The Hall–Kier alpha value is -2.49. The Bertz CT molecular complexity index is 1060. The van der Waals surface area contributed by atoms with Gasteiger partial charge in [-0.2, -0.15) is 5.10 Å². The SMILES string of the molecule is O=C(CSCc1cccc(Cl)c1)Nc1cccc(S(=O)(=O)Nc2cn[nH]c2)c1. The average molecular weight is 437 g/mol. The average Bonchev–Trinajstić information content (AvgIpc) is 3.14. The first-order valence-corrected chi connectivity index (χ1v) is 11.2. The predicted octanol–water partition coefficient (Wildman–Crippen LogP) is 3.74. The van der Waals surface area contributed by atoms with E-state index in [-0.39, 0.29) is 16.6 Å². The highest BCUT2D eigenvalue weighted by Gasteiger charge is 2.15. The molecule has 3 rings (SSSR count). The van der Waals surface area contributed by atoms with E-state index in [1.165, 1.54) is 36.3 Å². The lowest BCUT2D eigenvalue weighted by Crippen LogP contribution is -2.16. The summed E-state index contributed by atoms with van der Waals surface area (Å²) in [6.07, 6.45) is 2.79. The molecule has 0 aliphatic heterocycles. The minimum atomic E-state index is -3.78. The van der Waals surface area contributed by atoms with Crippen molar-refractivity contribution in [2.45, 2.75) is 10.6 Å². The number of hydrogen-bond acceptors (Lipinski definition) is 5. The van der Waals surface area contributed by atoms with Crippen molar-refractivity contribution in [1.82, 2.24) is 10.2 Å². The molecule has 0 aliphatic carbocycles. The fraction of sp³-hybridized carbons (Fsp3) is 0.111. The summed E-state index contributed by atoms with van der Waals surface area (Å²) in [5.41, 5.74) is 1.76. The van der Waals surface area contributed by atoms with Crippen molar-refractivity contribution < 1.29 is 13.2 Å². The van der Waals surface area contributed by atoms with E-state index in [2.05, 4.69) is 20.2 Å². The Morgan fingerprint density at radius 1 is 1.14 bits per heavy atom. The minimum absolute atomic E-state index is 0.0399. The molecular formula is C18H17ClN4O3S2. The normalized spacial score (nSPS) is 11.2. The maximum Gasteiger partial charge on any atom is 0.262 e. The van der Waals surface area contributed by atoms with E-state index < -0.39 is 10.0 Å². The summed E-state index contributed by atoms with van der Waals surface area (Å²) in [6.45, 7) is 0. The van der Waals surface area contributed by atoms with Gasteiger partial charge in [0.2, 0.25) is 5.91 Å². The van der Waals surface area contributed by atoms with Crippen molar-refractivity contribution in [1.29, 1.82) is 0 Å². The first-order valence-electron chi connectivity index (χ1n) is 8.16. The lowest BCUT2D eigenvalue weighted by atomic mass is 10.2. The molecule has 1 amide bonds. The maximum absolute atomic E-state index is 12.4. The molecule has 3 N–H and O–H groups in total. The van der Waals surface area contributed by atoms with Crippen LogP contribution in [0.3, 0.4) is 0 Å². The van der Waals surface area contributed by atoms with Crippen LogP contribution < -0.4 is 10.0 Å². The lowest BCUT2D eigenvalue weighted by molar-refractivity contribution is -0.113. The van der Waals surface area contributed by atoms with E-state index in [9.17, 15) is 13.2 Å². The van der Waals surface area contributed by atoms with Crippen LogP contribution in [0.2, 0.25) is 5.02 Å². The van der Waals surface area contributed by atoms with Crippen molar-refractivity contribution in [3.8, 4) is 0 Å². The third-order valence-electron chi connectivity index (χ3n) is 3.57. The summed E-state index contributed by atoms with van der Waals surface area (Å²) < 4.78 is 27.2. The zero-order chi connectivity index (χ0) is 20.0. The standard InChI is InChI=1S/C18H17ClN4O3S2/c19-14-4-1-3-13(7-14)11-27-12-18(24)22-15-5-2-6-17(8-15)28(25,26)23-16-9-20-21-10-16/h1-10,23H,11-12H2,(H,20,21)(H,22,24). The second kappa shape index (κ2) is 9.13. The summed E-state index contributed by atoms with van der Waals surface area (Å²) in [5.74, 6) is 0.665. The smallest absolute Gasteiger partial charge is 0.262 e. The zero-order valence-electron chi connectivity index (χ0n) is 14.6. The number of carbonyl (C=O) groups is 1. The molecule has 0 bridgehead atoms. The highest BCUT2D eigenvalue weighted by atomic mass is 35.5. The van der Waals surface area contributed by atoms with Crippen LogP contribution in [0.5, 0.6) is 0 Å². The van der Waals surface area contributed by atoms with E-state index in [1.807, 2.05) is 18.2 Å². The molecule has 0 atom stereocenters. The lowest BCUT2D eigenvalue weighted by Gasteiger charge is -2.09. The van der Waals surface area contributed by atoms with Gasteiger partial charge < -0.3 is 5.32 Å². The van der Waals surface area contributed by atoms with E-state index in [0.29, 0.717) is 22.2 Å². The Kier molecular flexibility index (Phi) is 6.61. The molecule has 0 unspecified atom stereocenters. The molecule has 146 valence electrons. The van der Waals surface area contributed by atoms with Gasteiger partial charge in [-0.25, -0.2) is 8.42 Å². The highest BCUT2D eigenvalue weighted by Crippen LogP contribution is 2.20. The third-order valence-corrected chi connectivity index (χ3v) is 6.19. The number of amides is 1. The molecule has 0 saturated carbocycles. The monoisotopic (exact) mass is 436 g/mol. The van der Waals surface area contributed by atoms with Gasteiger partial charge in [-0.05, 0) is 35.9 Å². The number of aromatic amines is 1. The number of thioether (sulfide) groups is 1. The first kappa shape index (κ1) is 20.2. The minimum Gasteiger partial charge on any atom is -0.325 e. The van der Waals surface area contributed by atoms with Gasteiger partial charge in [0.15, 0.2) is 0 Å². The summed E-state index contributed by atoms with van der Waals surface area (Å²) in [7, 11) is -3.78. The molecule has 0 fully saturated rings. The van der Waals surface area contributed by atoms with Crippen LogP contribution in [-0.2, 0) is 20.6 Å². The van der Waals surface area contributed by atoms with E-state index in [4.69, 9.17) is 11.6 Å². The van der Waals surface area contributed by atoms with Crippen molar-refractivity contribution in [2.75, 3.05) is 15.8 Å². The Morgan fingerprint density at radius 3 is 2.71 bits per heavy atom. The second-order valence-electron chi connectivity index (χ2n) is 5.79. The zero-order valence-corrected chi connectivity index (χ0v) is 16.9. The number of rotatable bonds is 8. The van der Waals surface area contributed by atoms with Crippen molar-refractivity contribution in [3.05, 3.63) is 71.5 Å². The number of carbonyl (C=O) groups excluding carboxylic acids is 1. The number of H-pyrrole nitrogens is 1. The van der Waals surface area contributed by atoms with Gasteiger partial charge in [-0.15, -0.1) is 11.8 Å². The highest BCUT2D eigenvalue weighted by molar-refractivity contribution is 7.99. The van der Waals surface area contributed by atoms with Crippen LogP contribution in [0.1, 0.15) is 5.56 Å². The van der Waals surface area contributed by atoms with Crippen molar-refractivity contribution in [3.63, 3.8) is 0 Å². The molecule has 7 nitrogen and oxygen atoms in total. The van der Waals surface area contributed by atoms with Gasteiger partial charge in [-0.3, -0.25) is 14.6 Å². The number of benzene rings is 2. The van der Waals surface area contributed by atoms with Gasteiger partial charge in [-0.1, -0.05) is 29.8 Å². The molecule has 1 heterocycles. The molecule has 28 heavy (non-hydrogen) atoms. The molecule has 10 heteroatoms.